The monoisotopic (exact) mass is 237 g/mol. The second-order valence-corrected chi connectivity index (χ2v) is 3.58. The summed E-state index contributed by atoms with van der Waals surface area (Å²) in [6.45, 7) is 6.83. The molecular formula is C12H19N3O2. The molecule has 1 aromatic rings. The van der Waals surface area contributed by atoms with E-state index >= 15 is 0 Å². The first-order chi connectivity index (χ1) is 8.17. The molecule has 5 nitrogen and oxygen atoms in total. The minimum Gasteiger partial charge on any atom is -0.478 e. The number of anilines is 1. The molecule has 0 aliphatic carbocycles. The molecule has 0 spiro atoms. The molecule has 0 aliphatic rings. The lowest BCUT2D eigenvalue weighted by atomic mass is 10.3. The van der Waals surface area contributed by atoms with Gasteiger partial charge in [-0.2, -0.15) is 0 Å². The number of nitrogens with zero attached hydrogens (tertiary/aromatic N) is 1. The van der Waals surface area contributed by atoms with E-state index in [2.05, 4.69) is 15.6 Å². The molecule has 1 amide bonds. The van der Waals surface area contributed by atoms with E-state index in [1.165, 1.54) is 0 Å². The molecule has 0 saturated heterocycles. The highest BCUT2D eigenvalue weighted by Crippen LogP contribution is 2.12. The smallest absolute Gasteiger partial charge is 0.242 e. The summed E-state index contributed by atoms with van der Waals surface area (Å²) < 4.78 is 5.23. The Balaban J connectivity index is 2.53. The summed E-state index contributed by atoms with van der Waals surface area (Å²) in [4.78, 5) is 15.6. The summed E-state index contributed by atoms with van der Waals surface area (Å²) in [5.41, 5.74) is 0.798. The first-order valence-corrected chi connectivity index (χ1v) is 5.80. The zero-order valence-electron chi connectivity index (χ0n) is 10.5. The van der Waals surface area contributed by atoms with Crippen LogP contribution in [0.1, 0.15) is 20.8 Å². The van der Waals surface area contributed by atoms with Gasteiger partial charge in [-0.25, -0.2) is 4.98 Å². The molecule has 1 aromatic heterocycles. The van der Waals surface area contributed by atoms with Crippen LogP contribution in [0.3, 0.4) is 0 Å². The maximum Gasteiger partial charge on any atom is 0.242 e. The van der Waals surface area contributed by atoms with E-state index in [1.54, 1.807) is 19.2 Å². The van der Waals surface area contributed by atoms with Crippen LogP contribution in [0.4, 0.5) is 5.69 Å². The van der Waals surface area contributed by atoms with Crippen LogP contribution in [-0.4, -0.2) is 30.1 Å². The van der Waals surface area contributed by atoms with E-state index < -0.39 is 0 Å². The minimum atomic E-state index is -0.283. The third-order valence-corrected chi connectivity index (χ3v) is 2.16. The van der Waals surface area contributed by atoms with Crippen molar-refractivity contribution in [3.63, 3.8) is 0 Å². The summed E-state index contributed by atoms with van der Waals surface area (Å²) >= 11 is 0. The first kappa shape index (κ1) is 13.3. The highest BCUT2D eigenvalue weighted by Gasteiger charge is 2.11. The molecule has 17 heavy (non-hydrogen) atoms. The van der Waals surface area contributed by atoms with Gasteiger partial charge < -0.3 is 15.4 Å². The molecule has 0 radical (unpaired) electrons. The van der Waals surface area contributed by atoms with Gasteiger partial charge >= 0.3 is 0 Å². The average Bonchev–Trinajstić information content (AvgIpc) is 2.32. The third-order valence-electron chi connectivity index (χ3n) is 2.16. The van der Waals surface area contributed by atoms with Gasteiger partial charge in [0.1, 0.15) is 6.04 Å². The second kappa shape index (κ2) is 6.73. The Morgan fingerprint density at radius 3 is 2.76 bits per heavy atom. The van der Waals surface area contributed by atoms with Crippen molar-refractivity contribution in [2.45, 2.75) is 26.8 Å². The Hall–Kier alpha value is -1.78. The molecule has 2 N–H and O–H groups in total. The summed E-state index contributed by atoms with van der Waals surface area (Å²) in [5.74, 6) is 0.560. The van der Waals surface area contributed by atoms with Gasteiger partial charge in [0.25, 0.3) is 0 Å². The van der Waals surface area contributed by atoms with Crippen LogP contribution in [-0.2, 0) is 4.79 Å². The number of hydrogen-bond acceptors (Lipinski definition) is 4. The largest absolute Gasteiger partial charge is 0.478 e. The van der Waals surface area contributed by atoms with Gasteiger partial charge in [0.05, 0.1) is 18.5 Å². The normalized spacial score (nSPS) is 11.7. The topological polar surface area (TPSA) is 63.2 Å². The van der Waals surface area contributed by atoms with Crippen molar-refractivity contribution in [1.82, 2.24) is 10.3 Å². The van der Waals surface area contributed by atoms with Crippen molar-refractivity contribution < 1.29 is 9.53 Å². The molecule has 5 heteroatoms. The zero-order valence-corrected chi connectivity index (χ0v) is 10.5. The quantitative estimate of drug-likeness (QED) is 0.785. The van der Waals surface area contributed by atoms with Gasteiger partial charge in [0.2, 0.25) is 11.8 Å². The number of carbonyl (C=O) groups excluding carboxylic acids is 1. The number of amides is 1. The number of nitrogens with one attached hydrogen (secondary N) is 2. The maximum atomic E-state index is 11.5. The molecular weight excluding hydrogens is 218 g/mol. The second-order valence-electron chi connectivity index (χ2n) is 3.58. The van der Waals surface area contributed by atoms with Crippen LogP contribution in [0, 0.1) is 0 Å². The van der Waals surface area contributed by atoms with Crippen molar-refractivity contribution in [1.29, 1.82) is 0 Å². The Bertz CT molecular complexity index is 351. The summed E-state index contributed by atoms with van der Waals surface area (Å²) in [6, 6.07) is 3.33. The van der Waals surface area contributed by atoms with Gasteiger partial charge in [-0.3, -0.25) is 4.79 Å². The molecule has 0 saturated carbocycles. The molecule has 0 aromatic carbocycles. The molecule has 1 heterocycles. The molecule has 0 fully saturated rings. The number of likely N-dealkylation sites (N-methyl/N-ethyl adjacent to an activating group) is 1. The van der Waals surface area contributed by atoms with Crippen LogP contribution < -0.4 is 15.4 Å². The fourth-order valence-electron chi connectivity index (χ4n) is 1.34. The molecule has 1 atom stereocenters. The van der Waals surface area contributed by atoms with E-state index in [-0.39, 0.29) is 11.9 Å². The highest BCUT2D eigenvalue weighted by atomic mass is 16.5. The van der Waals surface area contributed by atoms with Crippen molar-refractivity contribution in [3.8, 4) is 5.88 Å². The number of pyridine rings is 1. The van der Waals surface area contributed by atoms with Crippen molar-refractivity contribution in [3.05, 3.63) is 18.3 Å². The molecule has 0 aliphatic heterocycles. The fraction of sp³-hybridized carbons (Fsp3) is 0.500. The van der Waals surface area contributed by atoms with Crippen LogP contribution in [0.5, 0.6) is 5.88 Å². The van der Waals surface area contributed by atoms with Crippen LogP contribution in [0.25, 0.3) is 0 Å². The highest BCUT2D eigenvalue weighted by molar-refractivity contribution is 5.84. The average molecular weight is 237 g/mol. The Labute approximate surface area is 102 Å². The Kier molecular flexibility index (Phi) is 5.26. The van der Waals surface area contributed by atoms with Crippen LogP contribution in [0.15, 0.2) is 18.3 Å². The molecule has 0 bridgehead atoms. The molecule has 1 rings (SSSR count). The number of rotatable bonds is 6. The molecule has 94 valence electrons. The number of ether oxygens (including phenoxy) is 1. The lowest BCUT2D eigenvalue weighted by molar-refractivity contribution is -0.121. The summed E-state index contributed by atoms with van der Waals surface area (Å²) in [5, 5.41) is 5.82. The maximum absolute atomic E-state index is 11.5. The first-order valence-electron chi connectivity index (χ1n) is 5.80. The number of carbonyl (C=O) groups is 1. The van der Waals surface area contributed by atoms with Gasteiger partial charge in [-0.05, 0) is 26.8 Å². The lowest BCUT2D eigenvalue weighted by Gasteiger charge is -2.14. The zero-order chi connectivity index (χ0) is 12.7. The van der Waals surface area contributed by atoms with Crippen LogP contribution in [0.2, 0.25) is 0 Å². The number of hydrogen-bond donors (Lipinski definition) is 2. The predicted octanol–water partition coefficient (Wildman–Crippen LogP) is 1.42. The Morgan fingerprint density at radius 1 is 1.47 bits per heavy atom. The Morgan fingerprint density at radius 2 is 2.24 bits per heavy atom. The van der Waals surface area contributed by atoms with E-state index in [9.17, 15) is 4.79 Å². The SMILES string of the molecule is CCNC(=O)C(C)Nc1ccc(OCC)nc1. The van der Waals surface area contributed by atoms with Crippen molar-refractivity contribution in [2.75, 3.05) is 18.5 Å². The van der Waals surface area contributed by atoms with E-state index in [4.69, 9.17) is 4.74 Å². The molecule has 1 unspecified atom stereocenters. The van der Waals surface area contributed by atoms with Gasteiger partial charge in [-0.15, -0.1) is 0 Å². The summed E-state index contributed by atoms with van der Waals surface area (Å²) in [7, 11) is 0. The standard InChI is InChI=1S/C12H19N3O2/c1-4-13-12(16)9(3)15-10-6-7-11(14-8-10)17-5-2/h6-9,15H,4-5H2,1-3H3,(H,13,16). The predicted molar refractivity (Wildman–Crippen MR) is 67.2 cm³/mol. The fourth-order valence-corrected chi connectivity index (χ4v) is 1.34. The third kappa shape index (κ3) is 4.30. The van der Waals surface area contributed by atoms with Gasteiger partial charge in [-0.1, -0.05) is 0 Å². The van der Waals surface area contributed by atoms with Crippen molar-refractivity contribution >= 4 is 11.6 Å². The number of aromatic nitrogens is 1. The minimum absolute atomic E-state index is 0.0265. The van der Waals surface area contributed by atoms with Crippen molar-refractivity contribution in [2.24, 2.45) is 0 Å². The van der Waals surface area contributed by atoms with Gasteiger partial charge in [0.15, 0.2) is 0 Å². The van der Waals surface area contributed by atoms with E-state index in [0.29, 0.717) is 19.0 Å². The van der Waals surface area contributed by atoms with Crippen LogP contribution >= 0.6 is 0 Å². The van der Waals surface area contributed by atoms with E-state index in [0.717, 1.165) is 5.69 Å². The lowest BCUT2D eigenvalue weighted by Crippen LogP contribution is -2.37. The van der Waals surface area contributed by atoms with Gasteiger partial charge in [0, 0.05) is 12.6 Å². The van der Waals surface area contributed by atoms with E-state index in [1.807, 2.05) is 19.9 Å². The summed E-state index contributed by atoms with van der Waals surface area (Å²) in [6.07, 6.45) is 1.65.